The summed E-state index contributed by atoms with van der Waals surface area (Å²) in [7, 11) is 0. The van der Waals surface area contributed by atoms with Crippen LogP contribution < -0.4 is 11.1 Å². The van der Waals surface area contributed by atoms with Crippen molar-refractivity contribution >= 4 is 46.2 Å². The van der Waals surface area contributed by atoms with Crippen LogP contribution in [0.5, 0.6) is 0 Å². The van der Waals surface area contributed by atoms with E-state index in [0.717, 1.165) is 52.9 Å². The summed E-state index contributed by atoms with van der Waals surface area (Å²) in [6.45, 7) is 2.07. The molecule has 0 unspecified atom stereocenters. The number of carbonyl (C=O) groups excluding carboxylic acids is 2. The fourth-order valence-corrected chi connectivity index (χ4v) is 3.09. The van der Waals surface area contributed by atoms with Crippen LogP contribution in [-0.2, 0) is 4.79 Å². The molecule has 0 aliphatic rings. The van der Waals surface area contributed by atoms with Gasteiger partial charge in [0.1, 0.15) is 12.1 Å². The number of nitrogen functional groups attached to an aromatic ring is 1. The van der Waals surface area contributed by atoms with Crippen LogP contribution >= 0.6 is 11.6 Å². The number of hydrogen-bond donors (Lipinski definition) is 3. The lowest BCUT2D eigenvalue weighted by Gasteiger charge is -2.04. The SMILES string of the molecule is CCCCC(=O)Nc1ccc2nc(-c3ccc(N)cc3)[nH]c2c1.O=Cc1ccc(Cl)cc1. The molecule has 0 fully saturated rings. The molecular weight excluding hydrogens is 424 g/mol. The molecule has 32 heavy (non-hydrogen) atoms. The first kappa shape index (κ1) is 23.0. The number of amides is 1. The Bertz CT molecular complexity index is 1190. The van der Waals surface area contributed by atoms with Gasteiger partial charge in [-0.3, -0.25) is 9.59 Å². The quantitative estimate of drug-likeness (QED) is 0.245. The zero-order valence-corrected chi connectivity index (χ0v) is 18.5. The summed E-state index contributed by atoms with van der Waals surface area (Å²) in [6.07, 6.45) is 3.25. The Hall–Kier alpha value is -3.64. The normalized spacial score (nSPS) is 10.3. The Morgan fingerprint density at radius 1 is 1.09 bits per heavy atom. The first-order valence-electron chi connectivity index (χ1n) is 10.3. The molecule has 4 rings (SSSR count). The van der Waals surface area contributed by atoms with E-state index >= 15 is 0 Å². The van der Waals surface area contributed by atoms with Crippen molar-refractivity contribution in [2.45, 2.75) is 26.2 Å². The van der Waals surface area contributed by atoms with Gasteiger partial charge in [-0.25, -0.2) is 4.98 Å². The monoisotopic (exact) mass is 448 g/mol. The molecule has 164 valence electrons. The van der Waals surface area contributed by atoms with Gasteiger partial charge >= 0.3 is 0 Å². The van der Waals surface area contributed by atoms with Crippen molar-refractivity contribution in [3.63, 3.8) is 0 Å². The van der Waals surface area contributed by atoms with E-state index in [-0.39, 0.29) is 5.91 Å². The maximum atomic E-state index is 11.8. The lowest BCUT2D eigenvalue weighted by atomic mass is 10.2. The zero-order chi connectivity index (χ0) is 22.9. The van der Waals surface area contributed by atoms with Crippen LogP contribution in [0.4, 0.5) is 11.4 Å². The van der Waals surface area contributed by atoms with E-state index in [9.17, 15) is 9.59 Å². The Labute approximate surface area is 191 Å². The minimum atomic E-state index is 0.0458. The average molecular weight is 449 g/mol. The molecule has 0 saturated carbocycles. The summed E-state index contributed by atoms with van der Waals surface area (Å²) in [4.78, 5) is 29.8. The third kappa shape index (κ3) is 6.43. The molecule has 1 aromatic heterocycles. The third-order valence-corrected chi connectivity index (χ3v) is 4.97. The minimum absolute atomic E-state index is 0.0458. The number of fused-ring (bicyclic) bond motifs is 1. The number of H-pyrrole nitrogens is 1. The summed E-state index contributed by atoms with van der Waals surface area (Å²) in [5.74, 6) is 0.832. The van der Waals surface area contributed by atoms with Crippen LogP contribution in [0, 0.1) is 0 Å². The summed E-state index contributed by atoms with van der Waals surface area (Å²) < 4.78 is 0. The van der Waals surface area contributed by atoms with Crippen molar-refractivity contribution in [2.24, 2.45) is 0 Å². The zero-order valence-electron chi connectivity index (χ0n) is 17.8. The molecule has 4 aromatic rings. The molecule has 6 nitrogen and oxygen atoms in total. The second-order valence-corrected chi connectivity index (χ2v) is 7.70. The summed E-state index contributed by atoms with van der Waals surface area (Å²) >= 11 is 5.55. The van der Waals surface area contributed by atoms with Gasteiger partial charge in [-0.1, -0.05) is 37.1 Å². The van der Waals surface area contributed by atoms with Crippen LogP contribution in [0.2, 0.25) is 5.02 Å². The van der Waals surface area contributed by atoms with Crippen LogP contribution in [0.3, 0.4) is 0 Å². The molecule has 0 atom stereocenters. The number of halogens is 1. The Balaban J connectivity index is 0.000000269. The summed E-state index contributed by atoms with van der Waals surface area (Å²) in [5.41, 5.74) is 10.6. The Morgan fingerprint density at radius 3 is 2.47 bits per heavy atom. The van der Waals surface area contributed by atoms with Gasteiger partial charge in [0.2, 0.25) is 5.91 Å². The molecule has 0 radical (unpaired) electrons. The highest BCUT2D eigenvalue weighted by Gasteiger charge is 2.07. The number of aromatic nitrogens is 2. The maximum absolute atomic E-state index is 11.8. The van der Waals surface area contributed by atoms with Gasteiger partial charge in [0.05, 0.1) is 11.0 Å². The van der Waals surface area contributed by atoms with Crippen molar-refractivity contribution in [3.8, 4) is 11.4 Å². The van der Waals surface area contributed by atoms with Crippen LogP contribution in [0.1, 0.15) is 36.5 Å². The molecule has 1 heterocycles. The standard InChI is InChI=1S/C18H20N4O.C7H5ClO/c1-2-3-4-17(23)20-14-9-10-15-16(11-14)22-18(21-15)12-5-7-13(19)8-6-12;8-7-3-1-6(5-9)2-4-7/h5-11H,2-4,19H2,1H3,(H,20,23)(H,21,22);1-5H. The molecule has 0 aliphatic carbocycles. The first-order valence-corrected chi connectivity index (χ1v) is 10.7. The summed E-state index contributed by atoms with van der Waals surface area (Å²) in [6, 6.07) is 20.0. The van der Waals surface area contributed by atoms with E-state index in [0.29, 0.717) is 17.0 Å². The van der Waals surface area contributed by atoms with E-state index < -0.39 is 0 Å². The van der Waals surface area contributed by atoms with Crippen molar-refractivity contribution < 1.29 is 9.59 Å². The molecular formula is C25H25ClN4O2. The van der Waals surface area contributed by atoms with Crippen LogP contribution in [0.15, 0.2) is 66.7 Å². The van der Waals surface area contributed by atoms with Gasteiger partial charge in [-0.15, -0.1) is 0 Å². The predicted octanol–water partition coefficient (Wildman–Crippen LogP) is 6.09. The number of benzene rings is 3. The van der Waals surface area contributed by atoms with Gasteiger partial charge in [-0.05, 0) is 61.0 Å². The molecule has 0 aliphatic heterocycles. The maximum Gasteiger partial charge on any atom is 0.224 e. The van der Waals surface area contributed by atoms with Gasteiger partial charge in [0.15, 0.2) is 0 Å². The first-order chi connectivity index (χ1) is 15.5. The number of carbonyl (C=O) groups is 2. The van der Waals surface area contributed by atoms with E-state index in [1.165, 1.54) is 0 Å². The number of nitrogens with two attached hydrogens (primary N) is 1. The second-order valence-electron chi connectivity index (χ2n) is 7.26. The number of unbranched alkanes of at least 4 members (excludes halogenated alkanes) is 1. The molecule has 3 aromatic carbocycles. The number of anilines is 2. The van der Waals surface area contributed by atoms with Crippen LogP contribution in [-0.4, -0.2) is 22.2 Å². The summed E-state index contributed by atoms with van der Waals surface area (Å²) in [5, 5.41) is 3.58. The van der Waals surface area contributed by atoms with E-state index in [4.69, 9.17) is 17.3 Å². The Kier molecular flexibility index (Phi) is 8.00. The Morgan fingerprint density at radius 2 is 1.81 bits per heavy atom. The minimum Gasteiger partial charge on any atom is -0.399 e. The van der Waals surface area contributed by atoms with Crippen molar-refractivity contribution in [3.05, 3.63) is 77.3 Å². The fourth-order valence-electron chi connectivity index (χ4n) is 2.97. The number of nitrogens with one attached hydrogen (secondary N) is 2. The van der Waals surface area contributed by atoms with Crippen molar-refractivity contribution in [1.82, 2.24) is 9.97 Å². The number of aldehydes is 1. The molecule has 0 bridgehead atoms. The number of imidazole rings is 1. The molecule has 4 N–H and O–H groups in total. The largest absolute Gasteiger partial charge is 0.399 e. The average Bonchev–Trinajstić information content (AvgIpc) is 3.22. The number of rotatable bonds is 6. The van der Waals surface area contributed by atoms with Gasteiger partial charge in [0, 0.05) is 33.9 Å². The highest BCUT2D eigenvalue weighted by Crippen LogP contribution is 2.23. The van der Waals surface area contributed by atoms with Crippen LogP contribution in [0.25, 0.3) is 22.4 Å². The molecule has 1 amide bonds. The van der Waals surface area contributed by atoms with E-state index in [1.54, 1.807) is 24.3 Å². The number of hydrogen-bond acceptors (Lipinski definition) is 4. The fraction of sp³-hybridized carbons (Fsp3) is 0.160. The van der Waals surface area contributed by atoms with Gasteiger partial charge in [0.25, 0.3) is 0 Å². The number of nitrogens with zero attached hydrogens (tertiary/aromatic N) is 1. The van der Waals surface area contributed by atoms with Crippen molar-refractivity contribution in [2.75, 3.05) is 11.1 Å². The molecule has 7 heteroatoms. The predicted molar refractivity (Wildman–Crippen MR) is 131 cm³/mol. The van der Waals surface area contributed by atoms with E-state index in [2.05, 4.69) is 22.2 Å². The smallest absolute Gasteiger partial charge is 0.224 e. The van der Waals surface area contributed by atoms with Gasteiger partial charge in [-0.2, -0.15) is 0 Å². The molecule has 0 spiro atoms. The molecule has 0 saturated heterocycles. The highest BCUT2D eigenvalue weighted by atomic mass is 35.5. The number of aromatic amines is 1. The topological polar surface area (TPSA) is 101 Å². The lowest BCUT2D eigenvalue weighted by Crippen LogP contribution is -2.10. The lowest BCUT2D eigenvalue weighted by molar-refractivity contribution is -0.116. The third-order valence-electron chi connectivity index (χ3n) is 4.71. The second kappa shape index (κ2) is 11.1. The van der Waals surface area contributed by atoms with Crippen molar-refractivity contribution in [1.29, 1.82) is 0 Å². The van der Waals surface area contributed by atoms with Gasteiger partial charge < -0.3 is 16.0 Å². The highest BCUT2D eigenvalue weighted by molar-refractivity contribution is 6.30. The van der Waals surface area contributed by atoms with E-state index in [1.807, 2.05) is 42.5 Å².